The number of carbonyl (C=O) groups excluding carboxylic acids is 1. The number of aliphatic hydroxyl groups excluding tert-OH is 1. The van der Waals surface area contributed by atoms with Gasteiger partial charge >= 0.3 is 0 Å². The minimum Gasteiger partial charge on any atom is -0.489 e. The van der Waals surface area contributed by atoms with Gasteiger partial charge in [0.2, 0.25) is 0 Å². The SMILES string of the molecule is C=CCN(CCO)C(=O)c1cccc2c1OC(C)C2C. The first-order valence-electron chi connectivity index (χ1n) is 6.90. The molecule has 0 saturated heterocycles. The fourth-order valence-corrected chi connectivity index (χ4v) is 2.48. The number of nitrogens with zero attached hydrogens (tertiary/aromatic N) is 1. The number of benzene rings is 1. The molecule has 1 N–H and O–H groups in total. The molecule has 0 aromatic heterocycles. The zero-order valence-corrected chi connectivity index (χ0v) is 12.0. The number of hydrogen-bond donors (Lipinski definition) is 1. The van der Waals surface area contributed by atoms with Gasteiger partial charge in [-0.05, 0) is 13.0 Å². The maximum atomic E-state index is 12.6. The van der Waals surface area contributed by atoms with Crippen LogP contribution in [0.25, 0.3) is 0 Å². The molecule has 1 aliphatic heterocycles. The van der Waals surface area contributed by atoms with Crippen molar-refractivity contribution in [2.75, 3.05) is 19.7 Å². The van der Waals surface area contributed by atoms with E-state index in [4.69, 9.17) is 9.84 Å². The molecular formula is C16H21NO3. The van der Waals surface area contributed by atoms with E-state index in [0.29, 0.717) is 24.4 Å². The van der Waals surface area contributed by atoms with Gasteiger partial charge in [-0.25, -0.2) is 0 Å². The zero-order chi connectivity index (χ0) is 14.7. The first kappa shape index (κ1) is 14.6. The van der Waals surface area contributed by atoms with Gasteiger partial charge in [-0.15, -0.1) is 6.58 Å². The summed E-state index contributed by atoms with van der Waals surface area (Å²) in [5.41, 5.74) is 1.64. The van der Waals surface area contributed by atoms with Crippen molar-refractivity contribution in [1.82, 2.24) is 4.90 Å². The van der Waals surface area contributed by atoms with Gasteiger partial charge in [0.1, 0.15) is 11.9 Å². The van der Waals surface area contributed by atoms with Crippen LogP contribution in [0.2, 0.25) is 0 Å². The van der Waals surface area contributed by atoms with Gasteiger partial charge in [0.25, 0.3) is 5.91 Å². The number of aliphatic hydroxyl groups is 1. The Hall–Kier alpha value is -1.81. The molecule has 2 atom stereocenters. The number of amides is 1. The summed E-state index contributed by atoms with van der Waals surface area (Å²) < 4.78 is 5.84. The van der Waals surface area contributed by atoms with Crippen LogP contribution >= 0.6 is 0 Å². The van der Waals surface area contributed by atoms with E-state index in [0.717, 1.165) is 5.56 Å². The van der Waals surface area contributed by atoms with E-state index in [2.05, 4.69) is 13.5 Å². The second kappa shape index (κ2) is 6.09. The third-order valence-corrected chi connectivity index (χ3v) is 3.78. The maximum Gasteiger partial charge on any atom is 0.257 e. The standard InChI is InChI=1S/C16H21NO3/c1-4-8-17(9-10-18)16(19)14-7-5-6-13-11(2)12(3)20-15(13)14/h4-7,11-12,18H,1,8-10H2,2-3H3. The molecule has 1 aliphatic rings. The molecule has 2 rings (SSSR count). The van der Waals surface area contributed by atoms with Crippen LogP contribution in [0.4, 0.5) is 0 Å². The van der Waals surface area contributed by atoms with E-state index in [1.54, 1.807) is 17.0 Å². The molecule has 4 heteroatoms. The summed E-state index contributed by atoms with van der Waals surface area (Å²) in [5.74, 6) is 0.838. The number of para-hydroxylation sites is 1. The van der Waals surface area contributed by atoms with Crippen molar-refractivity contribution in [2.45, 2.75) is 25.9 Å². The average Bonchev–Trinajstić information content (AvgIpc) is 2.73. The van der Waals surface area contributed by atoms with E-state index in [1.807, 2.05) is 19.1 Å². The fourth-order valence-electron chi connectivity index (χ4n) is 2.48. The van der Waals surface area contributed by atoms with Crippen molar-refractivity contribution < 1.29 is 14.6 Å². The summed E-state index contributed by atoms with van der Waals surface area (Å²) in [5, 5.41) is 9.08. The molecule has 0 spiro atoms. The Bertz CT molecular complexity index is 512. The Labute approximate surface area is 119 Å². The normalized spacial score (nSPS) is 20.1. The van der Waals surface area contributed by atoms with Crippen LogP contribution < -0.4 is 4.74 Å². The second-order valence-corrected chi connectivity index (χ2v) is 5.10. The van der Waals surface area contributed by atoms with Crippen LogP contribution in [-0.2, 0) is 0 Å². The Balaban J connectivity index is 2.34. The van der Waals surface area contributed by atoms with Gasteiger partial charge in [0.15, 0.2) is 0 Å². The number of ether oxygens (including phenoxy) is 1. The van der Waals surface area contributed by atoms with Crippen molar-refractivity contribution in [2.24, 2.45) is 0 Å². The van der Waals surface area contributed by atoms with Gasteiger partial charge in [-0.3, -0.25) is 4.79 Å². The van der Waals surface area contributed by atoms with Crippen LogP contribution in [0.1, 0.15) is 35.7 Å². The molecule has 1 aromatic carbocycles. The zero-order valence-electron chi connectivity index (χ0n) is 12.0. The third-order valence-electron chi connectivity index (χ3n) is 3.78. The highest BCUT2D eigenvalue weighted by Gasteiger charge is 2.32. The summed E-state index contributed by atoms with van der Waals surface area (Å²) >= 11 is 0. The largest absolute Gasteiger partial charge is 0.489 e. The highest BCUT2D eigenvalue weighted by atomic mass is 16.5. The predicted octanol–water partition coefficient (Wildman–Crippen LogP) is 2.19. The smallest absolute Gasteiger partial charge is 0.257 e. The van der Waals surface area contributed by atoms with Crippen LogP contribution in [0.5, 0.6) is 5.75 Å². The Kier molecular flexibility index (Phi) is 4.45. The monoisotopic (exact) mass is 275 g/mol. The lowest BCUT2D eigenvalue weighted by atomic mass is 9.96. The summed E-state index contributed by atoms with van der Waals surface area (Å²) in [6, 6.07) is 5.67. The van der Waals surface area contributed by atoms with Gasteiger partial charge in [0, 0.05) is 24.6 Å². The molecule has 1 aromatic rings. The molecule has 2 unspecified atom stereocenters. The molecule has 1 heterocycles. The van der Waals surface area contributed by atoms with Gasteiger partial charge < -0.3 is 14.7 Å². The molecule has 0 radical (unpaired) electrons. The highest BCUT2D eigenvalue weighted by molar-refractivity contribution is 5.97. The fraction of sp³-hybridized carbons (Fsp3) is 0.438. The third kappa shape index (κ3) is 2.56. The number of rotatable bonds is 5. The lowest BCUT2D eigenvalue weighted by Crippen LogP contribution is -2.34. The number of fused-ring (bicyclic) bond motifs is 1. The number of hydrogen-bond acceptors (Lipinski definition) is 3. The summed E-state index contributed by atoms with van der Waals surface area (Å²) in [7, 11) is 0. The van der Waals surface area contributed by atoms with Crippen LogP contribution in [0.15, 0.2) is 30.9 Å². The molecule has 0 aliphatic carbocycles. The van der Waals surface area contributed by atoms with Crippen molar-refractivity contribution in [3.63, 3.8) is 0 Å². The van der Waals surface area contributed by atoms with Crippen molar-refractivity contribution in [1.29, 1.82) is 0 Å². The van der Waals surface area contributed by atoms with E-state index in [-0.39, 0.29) is 24.5 Å². The van der Waals surface area contributed by atoms with Crippen molar-refractivity contribution >= 4 is 5.91 Å². The van der Waals surface area contributed by atoms with Gasteiger partial charge in [-0.2, -0.15) is 0 Å². The topological polar surface area (TPSA) is 49.8 Å². The van der Waals surface area contributed by atoms with E-state index in [9.17, 15) is 4.79 Å². The van der Waals surface area contributed by atoms with Crippen LogP contribution in [0.3, 0.4) is 0 Å². The first-order valence-corrected chi connectivity index (χ1v) is 6.90. The minimum atomic E-state index is -0.128. The average molecular weight is 275 g/mol. The minimum absolute atomic E-state index is 0.0672. The number of carbonyl (C=O) groups is 1. The molecule has 0 fully saturated rings. The molecule has 108 valence electrons. The molecule has 20 heavy (non-hydrogen) atoms. The molecule has 0 saturated carbocycles. The van der Waals surface area contributed by atoms with E-state index in [1.165, 1.54) is 0 Å². The summed E-state index contributed by atoms with van der Waals surface area (Å²) in [6.07, 6.45) is 1.73. The summed E-state index contributed by atoms with van der Waals surface area (Å²) in [6.45, 7) is 8.39. The van der Waals surface area contributed by atoms with Crippen molar-refractivity contribution in [3.8, 4) is 5.75 Å². The highest BCUT2D eigenvalue weighted by Crippen LogP contribution is 2.40. The lowest BCUT2D eigenvalue weighted by Gasteiger charge is -2.21. The van der Waals surface area contributed by atoms with E-state index < -0.39 is 0 Å². The first-order chi connectivity index (χ1) is 9.60. The maximum absolute atomic E-state index is 12.6. The van der Waals surface area contributed by atoms with E-state index >= 15 is 0 Å². The van der Waals surface area contributed by atoms with Gasteiger partial charge in [-0.1, -0.05) is 25.1 Å². The van der Waals surface area contributed by atoms with Gasteiger partial charge in [0.05, 0.1) is 12.2 Å². The molecule has 1 amide bonds. The summed E-state index contributed by atoms with van der Waals surface area (Å²) in [4.78, 5) is 14.2. The Morgan fingerprint density at radius 3 is 2.90 bits per heavy atom. The molecule has 0 bridgehead atoms. The lowest BCUT2D eigenvalue weighted by molar-refractivity contribution is 0.0737. The van der Waals surface area contributed by atoms with Crippen LogP contribution in [0, 0.1) is 0 Å². The second-order valence-electron chi connectivity index (χ2n) is 5.10. The van der Waals surface area contributed by atoms with Crippen LogP contribution in [-0.4, -0.2) is 41.7 Å². The molecular weight excluding hydrogens is 254 g/mol. The quantitative estimate of drug-likeness (QED) is 0.838. The Morgan fingerprint density at radius 2 is 2.25 bits per heavy atom. The van der Waals surface area contributed by atoms with Crippen molar-refractivity contribution in [3.05, 3.63) is 42.0 Å². The Morgan fingerprint density at radius 1 is 1.50 bits per heavy atom. The molecule has 4 nitrogen and oxygen atoms in total. The predicted molar refractivity (Wildman–Crippen MR) is 78.1 cm³/mol.